The van der Waals surface area contributed by atoms with Crippen LogP contribution in [0.4, 0.5) is 11.5 Å². The monoisotopic (exact) mass is 431 g/mol. The molecule has 0 radical (unpaired) electrons. The van der Waals surface area contributed by atoms with Crippen LogP contribution in [0.15, 0.2) is 35.1 Å². The average Bonchev–Trinajstić information content (AvgIpc) is 2.92. The molecule has 0 saturated carbocycles. The van der Waals surface area contributed by atoms with Crippen molar-refractivity contribution >= 4 is 49.0 Å². The summed E-state index contributed by atoms with van der Waals surface area (Å²) in [4.78, 5) is 11.5. The first-order chi connectivity index (χ1) is 12.4. The number of anilines is 2. The van der Waals surface area contributed by atoms with Crippen LogP contribution in [0.3, 0.4) is 0 Å². The van der Waals surface area contributed by atoms with Gasteiger partial charge in [0.05, 0.1) is 11.0 Å². The molecule has 4 rings (SSSR count). The van der Waals surface area contributed by atoms with Crippen molar-refractivity contribution < 1.29 is 5.11 Å². The lowest BCUT2D eigenvalue weighted by Gasteiger charge is -2.28. The highest BCUT2D eigenvalue weighted by molar-refractivity contribution is 9.10. The number of aliphatic hydroxyl groups is 1. The van der Waals surface area contributed by atoms with E-state index >= 15 is 0 Å². The second kappa shape index (κ2) is 6.91. The first-order valence-corrected chi connectivity index (χ1v) is 10.5. The van der Waals surface area contributed by atoms with Crippen molar-refractivity contribution in [1.29, 1.82) is 0 Å². The molecule has 1 atom stereocenters. The molecule has 1 aromatic carbocycles. The van der Waals surface area contributed by atoms with Gasteiger partial charge in [0.25, 0.3) is 0 Å². The van der Waals surface area contributed by atoms with Crippen molar-refractivity contribution in [3.05, 3.63) is 45.5 Å². The SMILES string of the molecule is CC(C)(O)CC1CCc2c(sc3ncnc(Nc4cccc(Br)c4)c23)C1. The molecule has 1 aliphatic rings. The van der Waals surface area contributed by atoms with E-state index in [1.807, 2.05) is 38.1 Å². The summed E-state index contributed by atoms with van der Waals surface area (Å²) in [5.41, 5.74) is 1.79. The normalized spacial score (nSPS) is 17.3. The molecule has 0 aliphatic heterocycles. The van der Waals surface area contributed by atoms with Crippen molar-refractivity contribution in [2.24, 2.45) is 5.92 Å². The highest BCUT2D eigenvalue weighted by Gasteiger charge is 2.28. The third-order valence-corrected chi connectivity index (χ3v) is 6.48. The summed E-state index contributed by atoms with van der Waals surface area (Å²) in [6.07, 6.45) is 5.63. The van der Waals surface area contributed by atoms with Crippen LogP contribution in [0.5, 0.6) is 0 Å². The number of aryl methyl sites for hydroxylation is 1. The zero-order valence-electron chi connectivity index (χ0n) is 14.9. The number of nitrogens with zero attached hydrogens (tertiary/aromatic N) is 2. The molecular formula is C20H22BrN3OS. The molecule has 2 aromatic heterocycles. The first kappa shape index (κ1) is 17.9. The zero-order valence-corrected chi connectivity index (χ0v) is 17.3. The van der Waals surface area contributed by atoms with Crippen LogP contribution >= 0.6 is 27.3 Å². The van der Waals surface area contributed by atoms with E-state index in [0.29, 0.717) is 5.92 Å². The minimum atomic E-state index is -0.605. The van der Waals surface area contributed by atoms with Crippen LogP contribution < -0.4 is 5.32 Å². The Morgan fingerprint density at radius 1 is 1.35 bits per heavy atom. The third kappa shape index (κ3) is 3.77. The predicted octanol–water partition coefficient (Wildman–Crippen LogP) is 5.46. The molecular weight excluding hydrogens is 410 g/mol. The van der Waals surface area contributed by atoms with Gasteiger partial charge in [0.15, 0.2) is 0 Å². The van der Waals surface area contributed by atoms with E-state index in [9.17, 15) is 5.11 Å². The molecule has 0 bridgehead atoms. The number of halogens is 1. The van der Waals surface area contributed by atoms with Crippen molar-refractivity contribution in [3.8, 4) is 0 Å². The number of benzene rings is 1. The van der Waals surface area contributed by atoms with Crippen molar-refractivity contribution in [1.82, 2.24) is 9.97 Å². The molecule has 26 heavy (non-hydrogen) atoms. The van der Waals surface area contributed by atoms with Crippen LogP contribution in [0.25, 0.3) is 10.2 Å². The maximum absolute atomic E-state index is 10.2. The Morgan fingerprint density at radius 3 is 2.96 bits per heavy atom. The molecule has 0 spiro atoms. The number of thiophene rings is 1. The van der Waals surface area contributed by atoms with Crippen LogP contribution in [0, 0.1) is 5.92 Å². The maximum Gasteiger partial charge on any atom is 0.142 e. The molecule has 3 aromatic rings. The minimum absolute atomic E-state index is 0.532. The Morgan fingerprint density at radius 2 is 2.19 bits per heavy atom. The highest BCUT2D eigenvalue weighted by atomic mass is 79.9. The molecule has 6 heteroatoms. The molecule has 0 saturated heterocycles. The third-order valence-electron chi connectivity index (χ3n) is 4.82. The lowest BCUT2D eigenvalue weighted by Crippen LogP contribution is -2.26. The second-order valence-electron chi connectivity index (χ2n) is 7.67. The van der Waals surface area contributed by atoms with E-state index in [4.69, 9.17) is 0 Å². The number of nitrogens with one attached hydrogen (secondary N) is 1. The van der Waals surface area contributed by atoms with E-state index in [2.05, 4.69) is 31.2 Å². The van der Waals surface area contributed by atoms with Crippen molar-refractivity contribution in [2.45, 2.75) is 45.1 Å². The Balaban J connectivity index is 1.68. The van der Waals surface area contributed by atoms with Gasteiger partial charge in [-0.2, -0.15) is 0 Å². The van der Waals surface area contributed by atoms with Gasteiger partial charge in [-0.15, -0.1) is 11.3 Å². The van der Waals surface area contributed by atoms with Crippen LogP contribution in [-0.4, -0.2) is 20.7 Å². The summed E-state index contributed by atoms with van der Waals surface area (Å²) >= 11 is 5.29. The highest BCUT2D eigenvalue weighted by Crippen LogP contribution is 2.41. The van der Waals surface area contributed by atoms with Gasteiger partial charge in [-0.1, -0.05) is 22.0 Å². The molecule has 2 heterocycles. The van der Waals surface area contributed by atoms with E-state index in [1.54, 1.807) is 17.7 Å². The van der Waals surface area contributed by atoms with E-state index in [0.717, 1.165) is 51.9 Å². The Kier molecular flexibility index (Phi) is 4.75. The molecule has 0 fully saturated rings. The summed E-state index contributed by atoms with van der Waals surface area (Å²) in [5.74, 6) is 1.41. The number of hydrogen-bond donors (Lipinski definition) is 2. The molecule has 1 unspecified atom stereocenters. The molecule has 1 aliphatic carbocycles. The van der Waals surface area contributed by atoms with Gasteiger partial charge in [0.1, 0.15) is 17.0 Å². The fourth-order valence-corrected chi connectivity index (χ4v) is 5.56. The summed E-state index contributed by atoms with van der Waals surface area (Å²) < 4.78 is 1.04. The fraction of sp³-hybridized carbons (Fsp3) is 0.400. The van der Waals surface area contributed by atoms with Crippen LogP contribution in [0.1, 0.15) is 37.1 Å². The fourth-order valence-electron chi connectivity index (χ4n) is 3.86. The standard InChI is InChI=1S/C20H22BrN3OS/c1-20(2,25)10-12-6-7-15-16(8-12)26-19-17(15)18(22-11-23-19)24-14-5-3-4-13(21)9-14/h3-5,9,11-12,25H,6-8,10H2,1-2H3,(H,22,23,24). The van der Waals surface area contributed by atoms with E-state index in [1.165, 1.54) is 10.4 Å². The Labute approximate surface area is 165 Å². The molecule has 4 nitrogen and oxygen atoms in total. The zero-order chi connectivity index (χ0) is 18.3. The predicted molar refractivity (Wildman–Crippen MR) is 111 cm³/mol. The van der Waals surface area contributed by atoms with Gasteiger partial charge in [0, 0.05) is 15.0 Å². The van der Waals surface area contributed by atoms with Gasteiger partial charge in [-0.25, -0.2) is 9.97 Å². The summed E-state index contributed by atoms with van der Waals surface area (Å²) in [6, 6.07) is 8.11. The van der Waals surface area contributed by atoms with Gasteiger partial charge >= 0.3 is 0 Å². The van der Waals surface area contributed by atoms with Crippen LogP contribution in [0.2, 0.25) is 0 Å². The number of hydrogen-bond acceptors (Lipinski definition) is 5. The first-order valence-electron chi connectivity index (χ1n) is 8.89. The number of aromatic nitrogens is 2. The summed E-state index contributed by atoms with van der Waals surface area (Å²) in [5, 5.41) is 14.8. The lowest BCUT2D eigenvalue weighted by molar-refractivity contribution is 0.0503. The number of rotatable bonds is 4. The summed E-state index contributed by atoms with van der Waals surface area (Å²) in [6.45, 7) is 3.80. The lowest BCUT2D eigenvalue weighted by atomic mass is 9.81. The molecule has 0 amide bonds. The minimum Gasteiger partial charge on any atom is -0.390 e. The smallest absolute Gasteiger partial charge is 0.142 e. The van der Waals surface area contributed by atoms with Crippen LogP contribution in [-0.2, 0) is 12.8 Å². The van der Waals surface area contributed by atoms with Gasteiger partial charge < -0.3 is 10.4 Å². The Hall–Kier alpha value is -1.50. The van der Waals surface area contributed by atoms with Crippen molar-refractivity contribution in [2.75, 3.05) is 5.32 Å². The van der Waals surface area contributed by atoms with E-state index < -0.39 is 5.60 Å². The van der Waals surface area contributed by atoms with Gasteiger partial charge in [-0.3, -0.25) is 0 Å². The molecule has 136 valence electrons. The van der Waals surface area contributed by atoms with Crippen molar-refractivity contribution in [3.63, 3.8) is 0 Å². The molecule has 2 N–H and O–H groups in total. The quantitative estimate of drug-likeness (QED) is 0.575. The average molecular weight is 432 g/mol. The van der Waals surface area contributed by atoms with E-state index in [-0.39, 0.29) is 0 Å². The maximum atomic E-state index is 10.2. The number of fused-ring (bicyclic) bond motifs is 3. The summed E-state index contributed by atoms with van der Waals surface area (Å²) in [7, 11) is 0. The second-order valence-corrected chi connectivity index (χ2v) is 9.67. The topological polar surface area (TPSA) is 58.0 Å². The van der Waals surface area contributed by atoms with Gasteiger partial charge in [0.2, 0.25) is 0 Å². The Bertz CT molecular complexity index is 948. The largest absolute Gasteiger partial charge is 0.390 e. The van der Waals surface area contributed by atoms with Gasteiger partial charge in [-0.05, 0) is 69.2 Å².